The zero-order valence-corrected chi connectivity index (χ0v) is 17.3. The number of piperidine rings is 1. The summed E-state index contributed by atoms with van der Waals surface area (Å²) in [5.74, 6) is 2.04. The standard InChI is InChI=1S/C22H30N4O3/c1-15-6-3-4-8-19(15)23-21(27)17-7-5-13-26(14-17)22-24-20(25-29-22)16-9-11-18(28-2)12-10-16/h9-12,15,17,19H,3-8,13-14H2,1-2H3,(H,23,27)/t15-,17+,19-/m1/s1. The summed E-state index contributed by atoms with van der Waals surface area (Å²) in [6.45, 7) is 3.70. The largest absolute Gasteiger partial charge is 0.497 e. The van der Waals surface area contributed by atoms with Crippen LogP contribution < -0.4 is 15.0 Å². The molecule has 29 heavy (non-hydrogen) atoms. The van der Waals surface area contributed by atoms with Gasteiger partial charge < -0.3 is 19.5 Å². The Bertz CT molecular complexity index is 820. The van der Waals surface area contributed by atoms with Gasteiger partial charge in [0.25, 0.3) is 0 Å². The first-order valence-electron chi connectivity index (χ1n) is 10.7. The van der Waals surface area contributed by atoms with Gasteiger partial charge in [0.15, 0.2) is 0 Å². The number of amides is 1. The van der Waals surface area contributed by atoms with Crippen molar-refractivity contribution in [1.82, 2.24) is 15.5 Å². The number of methoxy groups -OCH3 is 1. The lowest BCUT2D eigenvalue weighted by Gasteiger charge is -2.34. The molecule has 1 saturated heterocycles. The maximum atomic E-state index is 12.9. The molecular weight excluding hydrogens is 368 g/mol. The number of rotatable bonds is 5. The number of nitrogens with one attached hydrogen (secondary N) is 1. The van der Waals surface area contributed by atoms with Crippen LogP contribution in [0.1, 0.15) is 45.4 Å². The van der Waals surface area contributed by atoms with Crippen molar-refractivity contribution in [3.05, 3.63) is 24.3 Å². The molecule has 0 radical (unpaired) electrons. The third-order valence-electron chi connectivity index (χ3n) is 6.27. The van der Waals surface area contributed by atoms with E-state index < -0.39 is 0 Å². The van der Waals surface area contributed by atoms with E-state index in [0.717, 1.165) is 37.1 Å². The first kappa shape index (κ1) is 19.7. The summed E-state index contributed by atoms with van der Waals surface area (Å²) in [6, 6.07) is 8.37. The first-order chi connectivity index (χ1) is 14.1. The van der Waals surface area contributed by atoms with E-state index in [9.17, 15) is 4.79 Å². The van der Waals surface area contributed by atoms with Crippen molar-refractivity contribution >= 4 is 11.9 Å². The molecule has 4 rings (SSSR count). The Balaban J connectivity index is 1.39. The van der Waals surface area contributed by atoms with Crippen molar-refractivity contribution in [3.63, 3.8) is 0 Å². The molecule has 7 heteroatoms. The molecule has 2 heterocycles. The average molecular weight is 399 g/mol. The van der Waals surface area contributed by atoms with Gasteiger partial charge in [-0.25, -0.2) is 0 Å². The molecule has 1 saturated carbocycles. The molecule has 0 spiro atoms. The second kappa shape index (κ2) is 8.84. The van der Waals surface area contributed by atoms with Gasteiger partial charge in [0, 0.05) is 24.7 Å². The maximum absolute atomic E-state index is 12.9. The van der Waals surface area contributed by atoms with E-state index in [0.29, 0.717) is 30.3 Å². The van der Waals surface area contributed by atoms with Crippen LogP contribution in [-0.4, -0.2) is 42.3 Å². The van der Waals surface area contributed by atoms with Crippen LogP contribution in [0.5, 0.6) is 5.75 Å². The molecule has 3 atom stereocenters. The molecule has 2 aromatic rings. The summed E-state index contributed by atoms with van der Waals surface area (Å²) >= 11 is 0. The third kappa shape index (κ3) is 4.54. The highest BCUT2D eigenvalue weighted by Gasteiger charge is 2.31. The quantitative estimate of drug-likeness (QED) is 0.828. The Morgan fingerprint density at radius 3 is 2.72 bits per heavy atom. The topological polar surface area (TPSA) is 80.5 Å². The monoisotopic (exact) mass is 398 g/mol. The van der Waals surface area contributed by atoms with Gasteiger partial charge >= 0.3 is 6.01 Å². The second-order valence-electron chi connectivity index (χ2n) is 8.29. The minimum absolute atomic E-state index is 0.0331. The van der Waals surface area contributed by atoms with Gasteiger partial charge in [0.2, 0.25) is 11.7 Å². The van der Waals surface area contributed by atoms with Crippen LogP contribution >= 0.6 is 0 Å². The van der Waals surface area contributed by atoms with Gasteiger partial charge in [-0.3, -0.25) is 4.79 Å². The van der Waals surface area contributed by atoms with Crippen molar-refractivity contribution in [3.8, 4) is 17.1 Å². The van der Waals surface area contributed by atoms with Crippen LogP contribution in [0.25, 0.3) is 11.4 Å². The van der Waals surface area contributed by atoms with Crippen LogP contribution in [0.3, 0.4) is 0 Å². The second-order valence-corrected chi connectivity index (χ2v) is 8.29. The van der Waals surface area contributed by atoms with Crippen molar-refractivity contribution in [2.75, 3.05) is 25.1 Å². The highest BCUT2D eigenvalue weighted by Crippen LogP contribution is 2.27. The summed E-state index contributed by atoms with van der Waals surface area (Å²) in [4.78, 5) is 19.5. The molecule has 156 valence electrons. The molecule has 1 aliphatic heterocycles. The molecule has 2 fully saturated rings. The average Bonchev–Trinajstić information content (AvgIpc) is 3.26. The fourth-order valence-corrected chi connectivity index (χ4v) is 4.40. The SMILES string of the molecule is COc1ccc(-c2noc(N3CCC[C@H](C(=O)N[C@@H]4CCCC[C@H]4C)C3)n2)cc1. The van der Waals surface area contributed by atoms with Crippen LogP contribution in [-0.2, 0) is 4.79 Å². The van der Waals surface area contributed by atoms with E-state index in [1.54, 1.807) is 7.11 Å². The molecule has 1 aliphatic carbocycles. The minimum Gasteiger partial charge on any atom is -0.497 e. The Labute approximate surface area is 171 Å². The fourth-order valence-electron chi connectivity index (χ4n) is 4.40. The zero-order chi connectivity index (χ0) is 20.2. The molecule has 1 aromatic heterocycles. The smallest absolute Gasteiger partial charge is 0.324 e. The number of hydrogen-bond donors (Lipinski definition) is 1. The predicted octanol–water partition coefficient (Wildman–Crippen LogP) is 3.66. The van der Waals surface area contributed by atoms with Gasteiger partial charge in [-0.2, -0.15) is 4.98 Å². The van der Waals surface area contributed by atoms with Gasteiger partial charge in [0.05, 0.1) is 13.0 Å². The molecule has 1 N–H and O–H groups in total. The summed E-state index contributed by atoms with van der Waals surface area (Å²) in [7, 11) is 1.64. The molecule has 0 unspecified atom stereocenters. The molecular formula is C22H30N4O3. The Kier molecular flexibility index (Phi) is 6.02. The molecule has 7 nitrogen and oxygen atoms in total. The van der Waals surface area contributed by atoms with Crippen molar-refractivity contribution in [2.24, 2.45) is 11.8 Å². The number of ether oxygens (including phenoxy) is 1. The number of carbonyl (C=O) groups is 1. The van der Waals surface area contributed by atoms with E-state index in [4.69, 9.17) is 9.26 Å². The van der Waals surface area contributed by atoms with Crippen molar-refractivity contribution < 1.29 is 14.1 Å². The lowest BCUT2D eigenvalue weighted by Crippen LogP contribution is -2.48. The Hall–Kier alpha value is -2.57. The number of aromatic nitrogens is 2. The lowest BCUT2D eigenvalue weighted by atomic mass is 9.85. The lowest BCUT2D eigenvalue weighted by molar-refractivity contribution is -0.126. The van der Waals surface area contributed by atoms with E-state index in [2.05, 4.69) is 22.4 Å². The maximum Gasteiger partial charge on any atom is 0.324 e. The molecule has 1 amide bonds. The molecule has 2 aliphatic rings. The van der Waals surface area contributed by atoms with Gasteiger partial charge in [-0.05, 0) is 55.9 Å². The summed E-state index contributed by atoms with van der Waals surface area (Å²) < 4.78 is 10.7. The van der Waals surface area contributed by atoms with Gasteiger partial charge in [-0.1, -0.05) is 24.9 Å². The van der Waals surface area contributed by atoms with E-state index in [-0.39, 0.29) is 11.8 Å². The number of nitrogens with zero attached hydrogens (tertiary/aromatic N) is 3. The predicted molar refractivity (Wildman–Crippen MR) is 111 cm³/mol. The Morgan fingerprint density at radius 1 is 1.17 bits per heavy atom. The van der Waals surface area contributed by atoms with Gasteiger partial charge in [0.1, 0.15) is 5.75 Å². The van der Waals surface area contributed by atoms with Crippen molar-refractivity contribution in [2.45, 2.75) is 51.5 Å². The molecule has 1 aromatic carbocycles. The van der Waals surface area contributed by atoms with Crippen LogP contribution in [0.15, 0.2) is 28.8 Å². The highest BCUT2D eigenvalue weighted by molar-refractivity contribution is 5.79. The first-order valence-corrected chi connectivity index (χ1v) is 10.7. The summed E-state index contributed by atoms with van der Waals surface area (Å²) in [6.07, 6.45) is 6.64. The number of benzene rings is 1. The normalized spacial score (nSPS) is 24.9. The third-order valence-corrected chi connectivity index (χ3v) is 6.27. The van der Waals surface area contributed by atoms with Gasteiger partial charge in [-0.15, -0.1) is 0 Å². The number of anilines is 1. The fraction of sp³-hybridized carbons (Fsp3) is 0.591. The van der Waals surface area contributed by atoms with Crippen molar-refractivity contribution in [1.29, 1.82) is 0 Å². The summed E-state index contributed by atoms with van der Waals surface area (Å²) in [5, 5.41) is 7.43. The minimum atomic E-state index is -0.0331. The van der Waals surface area contributed by atoms with Crippen LogP contribution in [0, 0.1) is 11.8 Å². The Morgan fingerprint density at radius 2 is 1.97 bits per heavy atom. The number of hydrogen-bond acceptors (Lipinski definition) is 6. The number of carbonyl (C=O) groups excluding carboxylic acids is 1. The summed E-state index contributed by atoms with van der Waals surface area (Å²) in [5.41, 5.74) is 0.874. The van der Waals surface area contributed by atoms with Crippen LogP contribution in [0.2, 0.25) is 0 Å². The highest BCUT2D eigenvalue weighted by atomic mass is 16.5. The van der Waals surface area contributed by atoms with Crippen LogP contribution in [0.4, 0.5) is 6.01 Å². The molecule has 0 bridgehead atoms. The van der Waals surface area contributed by atoms with E-state index >= 15 is 0 Å². The van der Waals surface area contributed by atoms with E-state index in [1.165, 1.54) is 19.3 Å². The zero-order valence-electron chi connectivity index (χ0n) is 17.3. The van der Waals surface area contributed by atoms with E-state index in [1.807, 2.05) is 29.2 Å².